The second kappa shape index (κ2) is 8.15. The zero-order chi connectivity index (χ0) is 16.1. The van der Waals surface area contributed by atoms with E-state index in [1.165, 1.54) is 23.4 Å². The molecule has 0 bridgehead atoms. The highest BCUT2D eigenvalue weighted by Gasteiger charge is 2.21. The lowest BCUT2D eigenvalue weighted by molar-refractivity contribution is 0.130. The van der Waals surface area contributed by atoms with Gasteiger partial charge in [0.1, 0.15) is 5.82 Å². The van der Waals surface area contributed by atoms with Crippen LogP contribution in [-0.4, -0.2) is 48.4 Å². The molecule has 0 aromatic carbocycles. The fourth-order valence-corrected chi connectivity index (χ4v) is 3.98. The van der Waals surface area contributed by atoms with Gasteiger partial charge >= 0.3 is 0 Å². The van der Waals surface area contributed by atoms with Crippen molar-refractivity contribution in [3.05, 3.63) is 33.1 Å². The summed E-state index contributed by atoms with van der Waals surface area (Å²) in [5, 5.41) is 10.9. The summed E-state index contributed by atoms with van der Waals surface area (Å²) in [6.45, 7) is 4.86. The molecule has 2 aromatic heterocycles. The first-order valence-electron chi connectivity index (χ1n) is 7.99. The maximum absolute atomic E-state index is 5.95. The summed E-state index contributed by atoms with van der Waals surface area (Å²) in [7, 11) is 1.76. The molecule has 2 aromatic rings. The Kier molecular flexibility index (Phi) is 5.94. The van der Waals surface area contributed by atoms with E-state index in [1.807, 2.05) is 12.1 Å². The van der Waals surface area contributed by atoms with Crippen LogP contribution in [0.3, 0.4) is 0 Å². The number of likely N-dealkylation sites (tertiary alicyclic amines) is 1. The second-order valence-corrected chi connectivity index (χ2v) is 7.68. The zero-order valence-electron chi connectivity index (χ0n) is 13.3. The van der Waals surface area contributed by atoms with Crippen LogP contribution in [0.1, 0.15) is 29.3 Å². The number of piperidine rings is 1. The lowest BCUT2D eigenvalue weighted by Gasteiger charge is -2.31. The molecule has 126 valence electrons. The second-order valence-electron chi connectivity index (χ2n) is 5.88. The number of thiophene rings is 1. The molecule has 1 saturated heterocycles. The van der Waals surface area contributed by atoms with Crippen LogP contribution < -0.4 is 5.32 Å². The van der Waals surface area contributed by atoms with E-state index < -0.39 is 0 Å². The molecule has 2 N–H and O–H groups in total. The molecule has 0 aliphatic carbocycles. The largest absolute Gasteiger partial charge is 0.383 e. The average Bonchev–Trinajstić information content (AvgIpc) is 3.20. The third-order valence-corrected chi connectivity index (χ3v) is 5.54. The van der Waals surface area contributed by atoms with Crippen LogP contribution in [-0.2, 0) is 11.3 Å². The number of nitrogens with one attached hydrogen (secondary N) is 2. The molecule has 3 heterocycles. The van der Waals surface area contributed by atoms with Crippen LogP contribution >= 0.6 is 22.9 Å². The number of halogens is 1. The number of H-pyrrole nitrogens is 1. The normalized spacial score (nSPS) is 16.8. The lowest BCUT2D eigenvalue weighted by atomic mass is 9.93. The maximum atomic E-state index is 5.95. The molecular weight excluding hydrogens is 332 g/mol. The quantitative estimate of drug-likeness (QED) is 0.798. The highest BCUT2D eigenvalue weighted by molar-refractivity contribution is 7.16. The monoisotopic (exact) mass is 354 g/mol. The number of ether oxygens (including phenoxy) is 1. The summed E-state index contributed by atoms with van der Waals surface area (Å²) >= 11 is 7.55. The molecule has 3 rings (SSSR count). The van der Waals surface area contributed by atoms with Crippen molar-refractivity contribution in [1.82, 2.24) is 15.1 Å². The molecule has 5 nitrogen and oxygen atoms in total. The molecule has 0 radical (unpaired) electrons. The number of anilines is 1. The van der Waals surface area contributed by atoms with Gasteiger partial charge in [0.15, 0.2) is 0 Å². The first kappa shape index (κ1) is 16.8. The lowest BCUT2D eigenvalue weighted by Crippen LogP contribution is -2.35. The molecule has 0 atom stereocenters. The summed E-state index contributed by atoms with van der Waals surface area (Å²) < 4.78 is 5.97. The van der Waals surface area contributed by atoms with Gasteiger partial charge in [-0.1, -0.05) is 11.6 Å². The molecule has 1 aliphatic rings. The molecule has 0 spiro atoms. The van der Waals surface area contributed by atoms with Crippen LogP contribution in [0.2, 0.25) is 4.34 Å². The van der Waals surface area contributed by atoms with Gasteiger partial charge in [-0.3, -0.25) is 5.10 Å². The number of rotatable bonds is 7. The van der Waals surface area contributed by atoms with Crippen molar-refractivity contribution in [3.8, 4) is 0 Å². The highest BCUT2D eigenvalue weighted by Crippen LogP contribution is 2.28. The van der Waals surface area contributed by atoms with Crippen molar-refractivity contribution < 1.29 is 4.74 Å². The third-order valence-electron chi connectivity index (χ3n) is 4.31. The van der Waals surface area contributed by atoms with Crippen LogP contribution in [0.15, 0.2) is 18.2 Å². The minimum absolute atomic E-state index is 0.577. The van der Waals surface area contributed by atoms with Gasteiger partial charge in [0.05, 0.1) is 17.5 Å². The smallest absolute Gasteiger partial charge is 0.148 e. The zero-order valence-corrected chi connectivity index (χ0v) is 14.9. The fraction of sp³-hybridized carbons (Fsp3) is 0.562. The van der Waals surface area contributed by atoms with Crippen molar-refractivity contribution in [2.24, 2.45) is 0 Å². The molecule has 23 heavy (non-hydrogen) atoms. The first-order chi connectivity index (χ1) is 11.2. The molecule has 0 amide bonds. The third kappa shape index (κ3) is 4.70. The molecule has 7 heteroatoms. The van der Waals surface area contributed by atoms with Crippen molar-refractivity contribution in [3.63, 3.8) is 0 Å². The van der Waals surface area contributed by atoms with E-state index in [9.17, 15) is 0 Å². The van der Waals surface area contributed by atoms with Crippen molar-refractivity contribution >= 4 is 28.8 Å². The number of hydrogen-bond acceptors (Lipinski definition) is 5. The van der Waals surface area contributed by atoms with Crippen molar-refractivity contribution in [1.29, 1.82) is 0 Å². The van der Waals surface area contributed by atoms with Crippen molar-refractivity contribution in [2.75, 3.05) is 38.7 Å². The fourth-order valence-electron chi connectivity index (χ4n) is 2.95. The molecule has 1 fully saturated rings. The van der Waals surface area contributed by atoms with E-state index in [0.29, 0.717) is 5.92 Å². The number of aromatic amines is 1. The Morgan fingerprint density at radius 1 is 1.43 bits per heavy atom. The topological polar surface area (TPSA) is 53.2 Å². The Balaban J connectivity index is 1.47. The van der Waals surface area contributed by atoms with Gasteiger partial charge in [-0.2, -0.15) is 5.10 Å². The Hall–Kier alpha value is -1.08. The molecule has 0 unspecified atom stereocenters. The Morgan fingerprint density at radius 2 is 2.26 bits per heavy atom. The van der Waals surface area contributed by atoms with Gasteiger partial charge in [-0.25, -0.2) is 0 Å². The Bertz CT molecular complexity index is 607. The summed E-state index contributed by atoms with van der Waals surface area (Å²) in [6.07, 6.45) is 2.35. The maximum Gasteiger partial charge on any atom is 0.148 e. The van der Waals surface area contributed by atoms with E-state index in [4.69, 9.17) is 16.3 Å². The van der Waals surface area contributed by atoms with Crippen LogP contribution in [0.4, 0.5) is 5.82 Å². The van der Waals surface area contributed by atoms with Crippen LogP contribution in [0.25, 0.3) is 0 Å². The van der Waals surface area contributed by atoms with E-state index in [0.717, 1.165) is 42.9 Å². The van der Waals surface area contributed by atoms with E-state index in [1.54, 1.807) is 18.4 Å². The number of hydrogen-bond donors (Lipinski definition) is 2. The Morgan fingerprint density at radius 3 is 2.96 bits per heavy atom. The van der Waals surface area contributed by atoms with Crippen LogP contribution in [0, 0.1) is 0 Å². The highest BCUT2D eigenvalue weighted by atomic mass is 35.5. The molecule has 0 saturated carbocycles. The minimum atomic E-state index is 0.577. The van der Waals surface area contributed by atoms with E-state index in [-0.39, 0.29) is 0 Å². The number of nitrogens with zero attached hydrogens (tertiary/aromatic N) is 2. The summed E-state index contributed by atoms with van der Waals surface area (Å²) in [6, 6.07) is 6.12. The van der Waals surface area contributed by atoms with Crippen molar-refractivity contribution in [2.45, 2.75) is 25.3 Å². The average molecular weight is 355 g/mol. The standard InChI is InChI=1S/C16H23ClN4OS/c1-22-9-8-21-6-4-12(5-7-21)14-10-16(20-19-14)18-11-13-2-3-15(17)23-13/h2-3,10,12H,4-9,11H2,1H3,(H2,18,19,20). The summed E-state index contributed by atoms with van der Waals surface area (Å²) in [4.78, 5) is 3.68. The van der Waals surface area contributed by atoms with E-state index >= 15 is 0 Å². The predicted molar refractivity (Wildman–Crippen MR) is 95.5 cm³/mol. The van der Waals surface area contributed by atoms with Gasteiger partial charge < -0.3 is 15.0 Å². The van der Waals surface area contributed by atoms with Gasteiger partial charge in [-0.15, -0.1) is 11.3 Å². The minimum Gasteiger partial charge on any atom is -0.383 e. The SMILES string of the molecule is COCCN1CCC(c2cc(NCc3ccc(Cl)s3)n[nH]2)CC1. The predicted octanol–water partition coefficient (Wildman–Crippen LogP) is 3.56. The number of aromatic nitrogens is 2. The summed E-state index contributed by atoms with van der Waals surface area (Å²) in [5.74, 6) is 1.49. The first-order valence-corrected chi connectivity index (χ1v) is 9.18. The summed E-state index contributed by atoms with van der Waals surface area (Å²) in [5.41, 5.74) is 1.24. The number of methoxy groups -OCH3 is 1. The Labute approximate surface area is 146 Å². The van der Waals surface area contributed by atoms with Gasteiger partial charge in [0.25, 0.3) is 0 Å². The van der Waals surface area contributed by atoms with Gasteiger partial charge in [0.2, 0.25) is 0 Å². The molecular formula is C16H23ClN4OS. The molecule has 1 aliphatic heterocycles. The van der Waals surface area contributed by atoms with E-state index in [2.05, 4.69) is 26.5 Å². The van der Waals surface area contributed by atoms with Gasteiger partial charge in [0, 0.05) is 36.2 Å². The van der Waals surface area contributed by atoms with Gasteiger partial charge in [-0.05, 0) is 38.1 Å². The van der Waals surface area contributed by atoms with Crippen LogP contribution in [0.5, 0.6) is 0 Å².